The summed E-state index contributed by atoms with van der Waals surface area (Å²) in [5.41, 5.74) is 6.51. The van der Waals surface area contributed by atoms with Crippen LogP contribution in [0.3, 0.4) is 0 Å². The third-order valence-electron chi connectivity index (χ3n) is 3.63. The van der Waals surface area contributed by atoms with Crippen molar-refractivity contribution in [3.63, 3.8) is 0 Å². The topological polar surface area (TPSA) is 72.2 Å². The number of hydrogen-bond donors (Lipinski definition) is 2. The van der Waals surface area contributed by atoms with Crippen molar-refractivity contribution < 1.29 is 8.42 Å². The summed E-state index contributed by atoms with van der Waals surface area (Å²) < 4.78 is 28.1. The molecule has 8 heteroatoms. The van der Waals surface area contributed by atoms with E-state index in [1.807, 2.05) is 0 Å². The molecule has 1 heterocycles. The molecule has 0 aliphatic heterocycles. The molecule has 0 aromatic carbocycles. The van der Waals surface area contributed by atoms with E-state index in [9.17, 15) is 8.42 Å². The van der Waals surface area contributed by atoms with Crippen LogP contribution in [0.1, 0.15) is 31.2 Å². The third-order valence-corrected chi connectivity index (χ3v) is 7.15. The van der Waals surface area contributed by atoms with Crippen molar-refractivity contribution in [3.05, 3.63) is 16.0 Å². The maximum Gasteiger partial charge on any atom is 0.250 e. The number of halogens is 2. The molecule has 0 saturated heterocycles. The van der Waals surface area contributed by atoms with Crippen molar-refractivity contribution in [2.45, 2.75) is 42.9 Å². The van der Waals surface area contributed by atoms with E-state index in [0.717, 1.165) is 42.6 Å². The Bertz CT molecular complexity index is 520. The van der Waals surface area contributed by atoms with Crippen LogP contribution in [-0.4, -0.2) is 21.0 Å². The molecule has 1 aromatic heterocycles. The summed E-state index contributed by atoms with van der Waals surface area (Å²) in [6.07, 6.45) is 4.42. The van der Waals surface area contributed by atoms with Gasteiger partial charge < -0.3 is 5.73 Å². The molecular formula is C12H20Cl2N2O2S2. The zero-order valence-electron chi connectivity index (χ0n) is 11.3. The first-order valence-electron chi connectivity index (χ1n) is 6.42. The standard InChI is InChI=1S/C12H19ClN2O2S2.ClH/c1-8-6-11(18-12(8)13)19(16,17)15-10(7-14)9-4-2-3-5-9;/h6,9-10,15H,2-5,7,14H2,1H3;1H. The second-order valence-electron chi connectivity index (χ2n) is 5.03. The maximum absolute atomic E-state index is 12.3. The SMILES string of the molecule is Cc1cc(S(=O)(=O)NC(CN)C2CCCC2)sc1Cl.Cl. The van der Waals surface area contributed by atoms with Gasteiger partial charge in [-0.05, 0) is 37.3 Å². The number of rotatable bonds is 5. The fraction of sp³-hybridized carbons (Fsp3) is 0.667. The molecule has 2 rings (SSSR count). The Morgan fingerprint density at radius 3 is 2.55 bits per heavy atom. The monoisotopic (exact) mass is 358 g/mol. The molecule has 1 unspecified atom stereocenters. The van der Waals surface area contributed by atoms with E-state index in [0.29, 0.717) is 16.8 Å². The van der Waals surface area contributed by atoms with Crippen LogP contribution < -0.4 is 10.5 Å². The van der Waals surface area contributed by atoms with E-state index in [-0.39, 0.29) is 22.7 Å². The Balaban J connectivity index is 0.00000200. The molecule has 0 bridgehead atoms. The molecule has 1 saturated carbocycles. The van der Waals surface area contributed by atoms with E-state index in [1.54, 1.807) is 13.0 Å². The molecule has 1 fully saturated rings. The number of hydrogen-bond acceptors (Lipinski definition) is 4. The molecule has 1 aromatic rings. The molecule has 20 heavy (non-hydrogen) atoms. The summed E-state index contributed by atoms with van der Waals surface area (Å²) >= 11 is 7.03. The van der Waals surface area contributed by atoms with Crippen LogP contribution in [0.2, 0.25) is 4.34 Å². The van der Waals surface area contributed by atoms with E-state index in [1.165, 1.54) is 0 Å². The lowest BCUT2D eigenvalue weighted by Crippen LogP contribution is -2.44. The quantitative estimate of drug-likeness (QED) is 0.849. The van der Waals surface area contributed by atoms with Crippen molar-refractivity contribution in [1.82, 2.24) is 4.72 Å². The van der Waals surface area contributed by atoms with Crippen LogP contribution in [0, 0.1) is 12.8 Å². The number of nitrogens with one attached hydrogen (secondary N) is 1. The Morgan fingerprint density at radius 2 is 2.10 bits per heavy atom. The van der Waals surface area contributed by atoms with Gasteiger partial charge in [-0.15, -0.1) is 23.7 Å². The van der Waals surface area contributed by atoms with E-state index < -0.39 is 10.0 Å². The van der Waals surface area contributed by atoms with Crippen molar-refractivity contribution in [1.29, 1.82) is 0 Å². The summed E-state index contributed by atoms with van der Waals surface area (Å²) in [5.74, 6) is 0.358. The highest BCUT2D eigenvalue weighted by Crippen LogP contribution is 2.32. The van der Waals surface area contributed by atoms with Crippen molar-refractivity contribution in [2.75, 3.05) is 6.54 Å². The molecule has 1 aliphatic carbocycles. The fourth-order valence-electron chi connectivity index (χ4n) is 2.52. The lowest BCUT2D eigenvalue weighted by molar-refractivity contribution is 0.406. The number of nitrogens with two attached hydrogens (primary N) is 1. The third kappa shape index (κ3) is 4.08. The summed E-state index contributed by atoms with van der Waals surface area (Å²) in [5, 5.41) is 0. The van der Waals surface area contributed by atoms with Gasteiger partial charge in [-0.25, -0.2) is 13.1 Å². The first kappa shape index (κ1) is 18.2. The molecular weight excluding hydrogens is 339 g/mol. The van der Waals surface area contributed by atoms with E-state index in [2.05, 4.69) is 4.72 Å². The smallest absolute Gasteiger partial charge is 0.250 e. The normalized spacial score (nSPS) is 17.9. The molecule has 1 aliphatic rings. The minimum absolute atomic E-state index is 0. The van der Waals surface area contributed by atoms with E-state index >= 15 is 0 Å². The van der Waals surface area contributed by atoms with Crippen LogP contribution >= 0.6 is 35.3 Å². The van der Waals surface area contributed by atoms with Crippen LogP contribution in [0.15, 0.2) is 10.3 Å². The van der Waals surface area contributed by atoms with Crippen molar-refractivity contribution in [3.8, 4) is 0 Å². The average Bonchev–Trinajstić information content (AvgIpc) is 2.98. The molecule has 3 N–H and O–H groups in total. The summed E-state index contributed by atoms with van der Waals surface area (Å²) in [6.45, 7) is 2.14. The second-order valence-corrected chi connectivity index (χ2v) is 8.63. The predicted octanol–water partition coefficient (Wildman–Crippen LogP) is 2.93. The maximum atomic E-state index is 12.3. The van der Waals surface area contributed by atoms with Crippen molar-refractivity contribution in [2.24, 2.45) is 11.7 Å². The van der Waals surface area contributed by atoms with Crippen LogP contribution in [0.5, 0.6) is 0 Å². The molecule has 0 radical (unpaired) electrons. The highest BCUT2D eigenvalue weighted by molar-refractivity contribution is 7.91. The van der Waals surface area contributed by atoms with Gasteiger partial charge in [-0.3, -0.25) is 0 Å². The second kappa shape index (κ2) is 7.42. The molecule has 0 spiro atoms. The zero-order valence-corrected chi connectivity index (χ0v) is 14.5. The largest absolute Gasteiger partial charge is 0.329 e. The van der Waals surface area contributed by atoms with Gasteiger partial charge in [0.25, 0.3) is 0 Å². The zero-order chi connectivity index (χ0) is 14.0. The first-order chi connectivity index (χ1) is 8.94. The molecule has 1 atom stereocenters. The van der Waals surface area contributed by atoms with Gasteiger partial charge in [0.05, 0.1) is 4.34 Å². The highest BCUT2D eigenvalue weighted by atomic mass is 35.5. The summed E-state index contributed by atoms with van der Waals surface area (Å²) in [4.78, 5) is 0. The predicted molar refractivity (Wildman–Crippen MR) is 86.4 cm³/mol. The van der Waals surface area contributed by atoms with Crippen LogP contribution in [0.4, 0.5) is 0 Å². The number of sulfonamides is 1. The molecule has 116 valence electrons. The Hall–Kier alpha value is 0.150. The Labute approximate surface area is 135 Å². The van der Waals surface area contributed by atoms with Gasteiger partial charge in [0.1, 0.15) is 4.21 Å². The van der Waals surface area contributed by atoms with Crippen molar-refractivity contribution >= 4 is 45.4 Å². The van der Waals surface area contributed by atoms with Gasteiger partial charge in [0.15, 0.2) is 0 Å². The lowest BCUT2D eigenvalue weighted by atomic mass is 9.99. The average molecular weight is 359 g/mol. The van der Waals surface area contributed by atoms with Gasteiger partial charge in [0.2, 0.25) is 10.0 Å². The Kier molecular flexibility index (Phi) is 6.76. The summed E-state index contributed by atoms with van der Waals surface area (Å²) in [7, 11) is -3.51. The van der Waals surface area contributed by atoms with Gasteiger partial charge in [0, 0.05) is 12.6 Å². The minimum Gasteiger partial charge on any atom is -0.329 e. The lowest BCUT2D eigenvalue weighted by Gasteiger charge is -2.22. The van der Waals surface area contributed by atoms with E-state index in [4.69, 9.17) is 17.3 Å². The first-order valence-corrected chi connectivity index (χ1v) is 9.10. The van der Waals surface area contributed by atoms with Gasteiger partial charge >= 0.3 is 0 Å². The minimum atomic E-state index is -3.51. The van der Waals surface area contributed by atoms with Gasteiger partial charge in [-0.1, -0.05) is 24.4 Å². The Morgan fingerprint density at radius 1 is 1.50 bits per heavy atom. The number of thiophene rings is 1. The molecule has 4 nitrogen and oxygen atoms in total. The van der Waals surface area contributed by atoms with Gasteiger partial charge in [-0.2, -0.15) is 0 Å². The number of aryl methyl sites for hydroxylation is 1. The van der Waals surface area contributed by atoms with Crippen LogP contribution in [0.25, 0.3) is 0 Å². The molecule has 0 amide bonds. The van der Waals surface area contributed by atoms with Crippen LogP contribution in [-0.2, 0) is 10.0 Å². The highest BCUT2D eigenvalue weighted by Gasteiger charge is 2.29. The summed E-state index contributed by atoms with van der Waals surface area (Å²) in [6, 6.07) is 1.44. The fourth-order valence-corrected chi connectivity index (χ4v) is 5.56.